The number of anilines is 2. The standard InChI is InChI=1S/C20H19N3O3S/c1-4-6-14-12(2)21-19(17-7-5-10-27-17)23-18(14)22-15-9-8-13(20(24)25)11-16(15)26-3/h4-5,7-11H,1,6H2,2-3H3,(H,24,25)(H,21,22,23). The summed E-state index contributed by atoms with van der Waals surface area (Å²) in [6.45, 7) is 5.75. The Morgan fingerprint density at radius 3 is 2.81 bits per heavy atom. The second kappa shape index (κ2) is 8.01. The molecule has 0 aliphatic rings. The first kappa shape index (κ1) is 18.6. The molecular formula is C20H19N3O3S. The second-order valence-corrected chi connectivity index (χ2v) is 6.72. The van der Waals surface area contributed by atoms with Crippen molar-refractivity contribution in [3.63, 3.8) is 0 Å². The zero-order valence-corrected chi connectivity index (χ0v) is 15.8. The maximum absolute atomic E-state index is 11.2. The number of aromatic nitrogens is 2. The Morgan fingerprint density at radius 2 is 2.19 bits per heavy atom. The number of aryl methyl sites for hydroxylation is 1. The van der Waals surface area contributed by atoms with E-state index in [0.717, 1.165) is 16.1 Å². The lowest BCUT2D eigenvalue weighted by Crippen LogP contribution is -2.06. The van der Waals surface area contributed by atoms with E-state index in [0.29, 0.717) is 29.5 Å². The summed E-state index contributed by atoms with van der Waals surface area (Å²) in [4.78, 5) is 21.5. The maximum atomic E-state index is 11.2. The topological polar surface area (TPSA) is 84.3 Å². The van der Waals surface area contributed by atoms with E-state index >= 15 is 0 Å². The average molecular weight is 381 g/mol. The Balaban J connectivity index is 2.07. The van der Waals surface area contributed by atoms with E-state index in [4.69, 9.17) is 9.72 Å². The van der Waals surface area contributed by atoms with E-state index in [1.54, 1.807) is 23.5 Å². The van der Waals surface area contributed by atoms with Crippen LogP contribution in [-0.2, 0) is 6.42 Å². The number of benzene rings is 1. The van der Waals surface area contributed by atoms with Crippen molar-refractivity contribution in [3.05, 3.63) is 65.2 Å². The van der Waals surface area contributed by atoms with Crippen LogP contribution >= 0.6 is 11.3 Å². The summed E-state index contributed by atoms with van der Waals surface area (Å²) in [5, 5.41) is 14.4. The van der Waals surface area contributed by atoms with E-state index in [2.05, 4.69) is 16.9 Å². The van der Waals surface area contributed by atoms with Crippen molar-refractivity contribution < 1.29 is 14.6 Å². The number of carboxylic acids is 1. The first-order valence-electron chi connectivity index (χ1n) is 8.24. The Kier molecular flexibility index (Phi) is 5.52. The highest BCUT2D eigenvalue weighted by Crippen LogP contribution is 2.32. The Morgan fingerprint density at radius 1 is 1.37 bits per heavy atom. The molecule has 0 saturated carbocycles. The number of aromatic carboxylic acids is 1. The number of nitrogens with one attached hydrogen (secondary N) is 1. The molecule has 0 atom stereocenters. The number of nitrogens with zero attached hydrogens (tertiary/aromatic N) is 2. The molecule has 6 nitrogen and oxygen atoms in total. The second-order valence-electron chi connectivity index (χ2n) is 5.78. The minimum Gasteiger partial charge on any atom is -0.495 e. The minimum atomic E-state index is -1.01. The average Bonchev–Trinajstić information content (AvgIpc) is 3.19. The summed E-state index contributed by atoms with van der Waals surface area (Å²) in [6, 6.07) is 8.60. The van der Waals surface area contributed by atoms with Gasteiger partial charge in [0.1, 0.15) is 11.6 Å². The summed E-state index contributed by atoms with van der Waals surface area (Å²) in [6.07, 6.45) is 2.40. The van der Waals surface area contributed by atoms with Crippen LogP contribution in [0.2, 0.25) is 0 Å². The van der Waals surface area contributed by atoms with E-state index in [-0.39, 0.29) is 5.56 Å². The van der Waals surface area contributed by atoms with Gasteiger partial charge in [-0.2, -0.15) is 0 Å². The van der Waals surface area contributed by atoms with Crippen LogP contribution in [0.5, 0.6) is 5.75 Å². The van der Waals surface area contributed by atoms with Crippen LogP contribution in [0, 0.1) is 6.92 Å². The van der Waals surface area contributed by atoms with Gasteiger partial charge in [0.05, 0.1) is 23.2 Å². The molecule has 0 spiro atoms. The molecule has 0 amide bonds. The molecule has 27 heavy (non-hydrogen) atoms. The Hall–Kier alpha value is -3.19. The smallest absolute Gasteiger partial charge is 0.335 e. The van der Waals surface area contributed by atoms with Crippen molar-refractivity contribution >= 4 is 28.8 Å². The van der Waals surface area contributed by atoms with Gasteiger partial charge >= 0.3 is 5.97 Å². The van der Waals surface area contributed by atoms with Gasteiger partial charge in [0.2, 0.25) is 0 Å². The molecule has 3 aromatic rings. The van der Waals surface area contributed by atoms with Crippen LogP contribution in [0.4, 0.5) is 11.5 Å². The number of ether oxygens (including phenoxy) is 1. The van der Waals surface area contributed by atoms with E-state index in [1.807, 2.05) is 24.4 Å². The van der Waals surface area contributed by atoms with Crippen molar-refractivity contribution in [2.45, 2.75) is 13.3 Å². The van der Waals surface area contributed by atoms with E-state index in [1.165, 1.54) is 19.2 Å². The number of methoxy groups -OCH3 is 1. The molecule has 7 heteroatoms. The number of allylic oxidation sites excluding steroid dienone is 1. The lowest BCUT2D eigenvalue weighted by Gasteiger charge is -2.16. The van der Waals surface area contributed by atoms with Crippen molar-refractivity contribution in [2.24, 2.45) is 0 Å². The molecule has 2 aromatic heterocycles. The quantitative estimate of drug-likeness (QED) is 0.578. The number of carbonyl (C=O) groups is 1. The fourth-order valence-electron chi connectivity index (χ4n) is 2.66. The molecule has 0 aliphatic heterocycles. The number of rotatable bonds is 7. The molecule has 1 aromatic carbocycles. The summed E-state index contributed by atoms with van der Waals surface area (Å²) < 4.78 is 5.35. The fourth-order valence-corrected chi connectivity index (χ4v) is 3.32. The first-order chi connectivity index (χ1) is 13.0. The van der Waals surface area contributed by atoms with Crippen LogP contribution in [0.3, 0.4) is 0 Å². The molecule has 2 N–H and O–H groups in total. The van der Waals surface area contributed by atoms with Crippen LogP contribution in [0.15, 0.2) is 48.4 Å². The van der Waals surface area contributed by atoms with Crippen LogP contribution in [-0.4, -0.2) is 28.2 Å². The van der Waals surface area contributed by atoms with Gasteiger partial charge < -0.3 is 15.2 Å². The summed E-state index contributed by atoms with van der Waals surface area (Å²) >= 11 is 1.57. The monoisotopic (exact) mass is 381 g/mol. The normalized spacial score (nSPS) is 10.4. The third-order valence-electron chi connectivity index (χ3n) is 4.01. The fraction of sp³-hybridized carbons (Fsp3) is 0.150. The van der Waals surface area contributed by atoms with E-state index in [9.17, 15) is 9.90 Å². The van der Waals surface area contributed by atoms with Crippen molar-refractivity contribution in [1.82, 2.24) is 9.97 Å². The largest absolute Gasteiger partial charge is 0.495 e. The molecular weight excluding hydrogens is 362 g/mol. The number of hydrogen-bond donors (Lipinski definition) is 2. The van der Waals surface area contributed by atoms with Crippen molar-refractivity contribution in [3.8, 4) is 16.5 Å². The van der Waals surface area contributed by atoms with Gasteiger partial charge in [-0.1, -0.05) is 12.1 Å². The Labute approximate surface area is 161 Å². The number of carboxylic acid groups (broad SMARTS) is 1. The molecule has 0 radical (unpaired) electrons. The molecule has 0 fully saturated rings. The predicted molar refractivity (Wildman–Crippen MR) is 107 cm³/mol. The number of hydrogen-bond acceptors (Lipinski definition) is 6. The van der Waals surface area contributed by atoms with Gasteiger partial charge in [0.15, 0.2) is 5.82 Å². The minimum absolute atomic E-state index is 0.154. The van der Waals surface area contributed by atoms with Gasteiger partial charge in [-0.3, -0.25) is 0 Å². The Bertz CT molecular complexity index is 984. The third-order valence-corrected chi connectivity index (χ3v) is 4.87. The molecule has 2 heterocycles. The summed E-state index contributed by atoms with van der Waals surface area (Å²) in [7, 11) is 1.50. The highest BCUT2D eigenvalue weighted by Gasteiger charge is 2.15. The van der Waals surface area contributed by atoms with Gasteiger partial charge in [-0.25, -0.2) is 14.8 Å². The highest BCUT2D eigenvalue weighted by molar-refractivity contribution is 7.13. The molecule has 0 unspecified atom stereocenters. The zero-order valence-electron chi connectivity index (χ0n) is 15.0. The van der Waals surface area contributed by atoms with Crippen LogP contribution < -0.4 is 10.1 Å². The third kappa shape index (κ3) is 3.98. The molecule has 0 bridgehead atoms. The SMILES string of the molecule is C=CCc1c(C)nc(-c2cccs2)nc1Nc1ccc(C(=O)O)cc1OC. The molecule has 3 rings (SSSR count). The molecule has 0 aliphatic carbocycles. The van der Waals surface area contributed by atoms with Crippen LogP contribution in [0.1, 0.15) is 21.6 Å². The van der Waals surface area contributed by atoms with Gasteiger partial charge in [-0.05, 0) is 43.0 Å². The summed E-state index contributed by atoms with van der Waals surface area (Å²) in [5.41, 5.74) is 2.57. The van der Waals surface area contributed by atoms with Gasteiger partial charge in [-0.15, -0.1) is 17.9 Å². The molecule has 138 valence electrons. The highest BCUT2D eigenvalue weighted by atomic mass is 32.1. The van der Waals surface area contributed by atoms with Gasteiger partial charge in [0.25, 0.3) is 0 Å². The lowest BCUT2D eigenvalue weighted by molar-refractivity contribution is 0.0696. The maximum Gasteiger partial charge on any atom is 0.335 e. The first-order valence-corrected chi connectivity index (χ1v) is 9.12. The predicted octanol–water partition coefficient (Wildman–Crippen LogP) is 4.69. The summed E-state index contributed by atoms with van der Waals surface area (Å²) in [5.74, 6) is 0.699. The zero-order chi connectivity index (χ0) is 19.4. The lowest BCUT2D eigenvalue weighted by atomic mass is 10.1. The van der Waals surface area contributed by atoms with E-state index < -0.39 is 5.97 Å². The van der Waals surface area contributed by atoms with Gasteiger partial charge in [0, 0.05) is 11.3 Å². The van der Waals surface area contributed by atoms with Crippen molar-refractivity contribution in [1.29, 1.82) is 0 Å². The number of thiophene rings is 1. The van der Waals surface area contributed by atoms with Crippen LogP contribution in [0.25, 0.3) is 10.7 Å². The molecule has 0 saturated heterocycles. The van der Waals surface area contributed by atoms with Crippen molar-refractivity contribution in [2.75, 3.05) is 12.4 Å².